The Labute approximate surface area is 130 Å². The normalized spacial score (nSPS) is 16.0. The van der Waals surface area contributed by atoms with Gasteiger partial charge < -0.3 is 10.5 Å². The van der Waals surface area contributed by atoms with Gasteiger partial charge in [0.15, 0.2) is 0 Å². The maximum atomic E-state index is 6.22. The Bertz CT molecular complexity index is 603. The lowest BCUT2D eigenvalue weighted by Gasteiger charge is -2.18. The Morgan fingerprint density at radius 2 is 2.10 bits per heavy atom. The van der Waals surface area contributed by atoms with Gasteiger partial charge in [0.05, 0.1) is 11.6 Å². The van der Waals surface area contributed by atoms with Crippen molar-refractivity contribution in [1.82, 2.24) is 4.98 Å². The summed E-state index contributed by atoms with van der Waals surface area (Å²) in [4.78, 5) is 4.84. The fourth-order valence-corrected chi connectivity index (χ4v) is 4.00. The maximum Gasteiger partial charge on any atom is 0.119 e. The molecule has 1 saturated carbocycles. The summed E-state index contributed by atoms with van der Waals surface area (Å²) in [5, 5.41) is 2.04. The molecule has 3 nitrogen and oxygen atoms in total. The minimum absolute atomic E-state index is 0.606. The highest BCUT2D eigenvalue weighted by atomic mass is 32.1. The first-order chi connectivity index (χ1) is 10.3. The van der Waals surface area contributed by atoms with E-state index in [4.69, 9.17) is 15.5 Å². The van der Waals surface area contributed by atoms with Crippen LogP contribution in [0.25, 0.3) is 11.3 Å². The van der Waals surface area contributed by atoms with Crippen LogP contribution >= 0.6 is 11.3 Å². The summed E-state index contributed by atoms with van der Waals surface area (Å²) in [6, 6.07) is 8.05. The Balaban J connectivity index is 1.88. The summed E-state index contributed by atoms with van der Waals surface area (Å²) < 4.78 is 5.57. The van der Waals surface area contributed by atoms with Crippen LogP contribution in [0.5, 0.6) is 5.75 Å². The molecule has 0 amide bonds. The molecular formula is C17H22N2OS. The van der Waals surface area contributed by atoms with E-state index in [-0.39, 0.29) is 0 Å². The lowest BCUT2D eigenvalue weighted by atomic mass is 9.90. The third kappa shape index (κ3) is 3.21. The van der Waals surface area contributed by atoms with Gasteiger partial charge >= 0.3 is 0 Å². The van der Waals surface area contributed by atoms with Gasteiger partial charge in [-0.15, -0.1) is 11.3 Å². The molecule has 1 aromatic heterocycles. The lowest BCUT2D eigenvalue weighted by molar-refractivity contribution is 0.340. The Morgan fingerprint density at radius 3 is 2.86 bits per heavy atom. The first-order valence-electron chi connectivity index (χ1n) is 7.77. The Kier molecular flexibility index (Phi) is 4.44. The molecule has 2 N–H and O–H groups in total. The van der Waals surface area contributed by atoms with Gasteiger partial charge in [0.2, 0.25) is 0 Å². The number of thiazole rings is 1. The van der Waals surface area contributed by atoms with Crippen molar-refractivity contribution >= 4 is 16.3 Å². The van der Waals surface area contributed by atoms with Crippen LogP contribution < -0.4 is 10.5 Å². The van der Waals surface area contributed by atoms with Crippen molar-refractivity contribution in [2.24, 2.45) is 0 Å². The molecule has 1 aliphatic carbocycles. The highest BCUT2D eigenvalue weighted by Gasteiger charge is 2.21. The van der Waals surface area contributed by atoms with E-state index < -0.39 is 0 Å². The molecule has 4 heteroatoms. The largest absolute Gasteiger partial charge is 0.494 e. The van der Waals surface area contributed by atoms with E-state index in [0.29, 0.717) is 12.5 Å². The van der Waals surface area contributed by atoms with E-state index in [0.717, 1.165) is 22.0 Å². The summed E-state index contributed by atoms with van der Waals surface area (Å²) in [6.07, 6.45) is 6.51. The van der Waals surface area contributed by atoms with Crippen molar-refractivity contribution < 1.29 is 4.74 Å². The molecule has 0 bridgehead atoms. The zero-order valence-electron chi connectivity index (χ0n) is 12.5. The Morgan fingerprint density at radius 1 is 1.29 bits per heavy atom. The monoisotopic (exact) mass is 302 g/mol. The van der Waals surface area contributed by atoms with Gasteiger partial charge in [-0.05, 0) is 31.9 Å². The third-order valence-corrected chi connectivity index (χ3v) is 5.09. The molecule has 0 unspecified atom stereocenters. The van der Waals surface area contributed by atoms with Crippen LogP contribution in [-0.4, -0.2) is 11.6 Å². The minimum Gasteiger partial charge on any atom is -0.494 e. The summed E-state index contributed by atoms with van der Waals surface area (Å²) in [6.45, 7) is 2.66. The number of nitrogens with two attached hydrogens (primary N) is 1. The summed E-state index contributed by atoms with van der Waals surface area (Å²) in [5.74, 6) is 1.48. The number of anilines is 1. The average Bonchev–Trinajstić information content (AvgIpc) is 2.91. The average molecular weight is 302 g/mol. The predicted octanol–water partition coefficient (Wildman–Crippen LogP) is 4.84. The molecule has 0 saturated heterocycles. The van der Waals surface area contributed by atoms with Gasteiger partial charge in [0, 0.05) is 11.5 Å². The molecule has 0 aliphatic heterocycles. The van der Waals surface area contributed by atoms with Crippen LogP contribution in [0.15, 0.2) is 24.3 Å². The molecule has 1 aliphatic rings. The van der Waals surface area contributed by atoms with Crippen molar-refractivity contribution in [2.45, 2.75) is 44.9 Å². The fraction of sp³-hybridized carbons (Fsp3) is 0.471. The van der Waals surface area contributed by atoms with Gasteiger partial charge in [-0.25, -0.2) is 4.98 Å². The second-order valence-electron chi connectivity index (χ2n) is 5.56. The van der Waals surface area contributed by atoms with E-state index in [2.05, 4.69) is 6.07 Å². The van der Waals surface area contributed by atoms with Gasteiger partial charge in [0.1, 0.15) is 16.4 Å². The molecule has 3 rings (SSSR count). The van der Waals surface area contributed by atoms with E-state index in [9.17, 15) is 0 Å². The standard InChI is InChI=1S/C17H22N2OS/c1-2-20-14-10-6-9-13(11-14)15-16(18)21-17(19-15)12-7-4-3-5-8-12/h6,9-12H,2-5,7-8,18H2,1H3. The number of hydrogen-bond donors (Lipinski definition) is 1. The van der Waals surface area contributed by atoms with Crippen LogP contribution in [0.4, 0.5) is 5.00 Å². The molecule has 0 atom stereocenters. The van der Waals surface area contributed by atoms with E-state index >= 15 is 0 Å². The van der Waals surface area contributed by atoms with Gasteiger partial charge in [-0.1, -0.05) is 31.4 Å². The molecule has 1 heterocycles. The second kappa shape index (κ2) is 6.48. The number of nitrogens with zero attached hydrogens (tertiary/aromatic N) is 1. The fourth-order valence-electron chi connectivity index (χ4n) is 2.98. The Hall–Kier alpha value is -1.55. The maximum absolute atomic E-state index is 6.22. The number of aromatic nitrogens is 1. The number of hydrogen-bond acceptors (Lipinski definition) is 4. The molecule has 1 fully saturated rings. The topological polar surface area (TPSA) is 48.1 Å². The predicted molar refractivity (Wildman–Crippen MR) is 89.0 cm³/mol. The second-order valence-corrected chi connectivity index (χ2v) is 6.62. The van der Waals surface area contributed by atoms with E-state index in [1.54, 1.807) is 11.3 Å². The van der Waals surface area contributed by atoms with Crippen LogP contribution in [0.3, 0.4) is 0 Å². The first kappa shape index (κ1) is 14.4. The van der Waals surface area contributed by atoms with Crippen LogP contribution in [0.1, 0.15) is 50.0 Å². The quantitative estimate of drug-likeness (QED) is 0.879. The van der Waals surface area contributed by atoms with Crippen molar-refractivity contribution in [2.75, 3.05) is 12.3 Å². The summed E-state index contributed by atoms with van der Waals surface area (Å²) in [7, 11) is 0. The van der Waals surface area contributed by atoms with Crippen LogP contribution in [-0.2, 0) is 0 Å². The molecule has 21 heavy (non-hydrogen) atoms. The minimum atomic E-state index is 0.606. The van der Waals surface area contributed by atoms with Gasteiger partial charge in [-0.2, -0.15) is 0 Å². The number of nitrogen functional groups attached to an aromatic ring is 1. The third-order valence-electron chi connectivity index (χ3n) is 4.04. The SMILES string of the molecule is CCOc1cccc(-c2nc(C3CCCCC3)sc2N)c1. The molecule has 112 valence electrons. The van der Waals surface area contributed by atoms with E-state index in [1.807, 2.05) is 25.1 Å². The molecule has 0 spiro atoms. The smallest absolute Gasteiger partial charge is 0.119 e. The zero-order chi connectivity index (χ0) is 14.7. The number of benzene rings is 1. The van der Waals surface area contributed by atoms with Crippen molar-refractivity contribution in [3.63, 3.8) is 0 Å². The highest BCUT2D eigenvalue weighted by molar-refractivity contribution is 7.16. The number of rotatable bonds is 4. The molecule has 2 aromatic rings. The lowest BCUT2D eigenvalue weighted by Crippen LogP contribution is -2.03. The van der Waals surface area contributed by atoms with Gasteiger partial charge in [0.25, 0.3) is 0 Å². The number of ether oxygens (including phenoxy) is 1. The van der Waals surface area contributed by atoms with Crippen molar-refractivity contribution in [3.05, 3.63) is 29.3 Å². The van der Waals surface area contributed by atoms with Gasteiger partial charge in [-0.3, -0.25) is 0 Å². The molecule has 1 aromatic carbocycles. The summed E-state index contributed by atoms with van der Waals surface area (Å²) in [5.41, 5.74) is 8.19. The van der Waals surface area contributed by atoms with Crippen LogP contribution in [0.2, 0.25) is 0 Å². The van der Waals surface area contributed by atoms with Crippen molar-refractivity contribution in [3.8, 4) is 17.0 Å². The molecule has 0 radical (unpaired) electrons. The van der Waals surface area contributed by atoms with Crippen molar-refractivity contribution in [1.29, 1.82) is 0 Å². The summed E-state index contributed by atoms with van der Waals surface area (Å²) >= 11 is 1.66. The van der Waals surface area contributed by atoms with Crippen LogP contribution in [0, 0.1) is 0 Å². The van der Waals surface area contributed by atoms with E-state index in [1.165, 1.54) is 37.1 Å². The highest BCUT2D eigenvalue weighted by Crippen LogP contribution is 2.40. The first-order valence-corrected chi connectivity index (χ1v) is 8.59. The zero-order valence-corrected chi connectivity index (χ0v) is 13.3. The molecular weight excluding hydrogens is 280 g/mol.